The number of phenolic OH excluding ortho intramolecular Hbond substituents is 1. The molecule has 2 saturated heterocycles. The van der Waals surface area contributed by atoms with E-state index in [9.17, 15) is 5.11 Å². The maximum Gasteiger partial charge on any atom is 0.172 e. The van der Waals surface area contributed by atoms with Gasteiger partial charge in [-0.15, -0.1) is 0 Å². The van der Waals surface area contributed by atoms with Crippen LogP contribution in [0.5, 0.6) is 11.5 Å². The third-order valence-corrected chi connectivity index (χ3v) is 5.24. The molecule has 0 radical (unpaired) electrons. The van der Waals surface area contributed by atoms with Crippen molar-refractivity contribution >= 4 is 15.9 Å². The number of piperazine rings is 1. The molecular formula is C16H23BrN2O2. The number of rotatable bonds is 3. The second-order valence-corrected chi connectivity index (χ2v) is 6.90. The summed E-state index contributed by atoms with van der Waals surface area (Å²) in [5, 5.41) is 9.89. The SMILES string of the molecule is COc1cc(CN2CCN3CCCCC3C2)cc(Br)c1O. The van der Waals surface area contributed by atoms with Crippen LogP contribution in [0.1, 0.15) is 24.8 Å². The molecule has 0 bridgehead atoms. The maximum absolute atomic E-state index is 9.89. The Balaban J connectivity index is 1.68. The monoisotopic (exact) mass is 354 g/mol. The molecule has 1 N–H and O–H groups in total. The van der Waals surface area contributed by atoms with E-state index in [1.54, 1.807) is 7.11 Å². The molecule has 1 unspecified atom stereocenters. The van der Waals surface area contributed by atoms with Gasteiger partial charge in [0.2, 0.25) is 0 Å². The third kappa shape index (κ3) is 3.35. The van der Waals surface area contributed by atoms with Gasteiger partial charge in [-0.25, -0.2) is 0 Å². The van der Waals surface area contributed by atoms with Crippen LogP contribution >= 0.6 is 15.9 Å². The standard InChI is InChI=1S/C16H23BrN2O2/c1-21-15-9-12(8-14(17)16(15)20)10-18-6-7-19-5-3-2-4-13(19)11-18/h8-9,13,20H,2-7,10-11H2,1H3. The van der Waals surface area contributed by atoms with Gasteiger partial charge < -0.3 is 9.84 Å². The summed E-state index contributed by atoms with van der Waals surface area (Å²) >= 11 is 3.40. The van der Waals surface area contributed by atoms with Crippen LogP contribution in [0.2, 0.25) is 0 Å². The molecule has 0 amide bonds. The van der Waals surface area contributed by atoms with Crippen molar-refractivity contribution < 1.29 is 9.84 Å². The summed E-state index contributed by atoms with van der Waals surface area (Å²) in [6.07, 6.45) is 4.06. The normalized spacial score (nSPS) is 23.8. The van der Waals surface area contributed by atoms with Crippen LogP contribution < -0.4 is 4.74 Å². The molecule has 5 heteroatoms. The summed E-state index contributed by atoms with van der Waals surface area (Å²) in [7, 11) is 1.59. The van der Waals surface area contributed by atoms with E-state index in [4.69, 9.17) is 4.74 Å². The molecule has 4 nitrogen and oxygen atoms in total. The highest BCUT2D eigenvalue weighted by Crippen LogP contribution is 2.35. The number of benzene rings is 1. The largest absolute Gasteiger partial charge is 0.503 e. The van der Waals surface area contributed by atoms with Gasteiger partial charge in [-0.1, -0.05) is 6.42 Å². The molecule has 2 heterocycles. The fraction of sp³-hybridized carbons (Fsp3) is 0.625. The average Bonchev–Trinajstić information content (AvgIpc) is 2.50. The molecule has 21 heavy (non-hydrogen) atoms. The van der Waals surface area contributed by atoms with E-state index in [-0.39, 0.29) is 5.75 Å². The van der Waals surface area contributed by atoms with E-state index < -0.39 is 0 Å². The van der Waals surface area contributed by atoms with Gasteiger partial charge in [0.15, 0.2) is 11.5 Å². The van der Waals surface area contributed by atoms with Crippen molar-refractivity contribution in [2.45, 2.75) is 31.8 Å². The van der Waals surface area contributed by atoms with E-state index in [2.05, 4.69) is 25.7 Å². The Morgan fingerprint density at radius 2 is 2.14 bits per heavy atom. The molecule has 1 aromatic rings. The molecular weight excluding hydrogens is 332 g/mol. The first-order valence-electron chi connectivity index (χ1n) is 7.69. The summed E-state index contributed by atoms with van der Waals surface area (Å²) in [4.78, 5) is 5.16. The van der Waals surface area contributed by atoms with E-state index in [1.165, 1.54) is 37.9 Å². The van der Waals surface area contributed by atoms with Gasteiger partial charge in [0.25, 0.3) is 0 Å². The summed E-state index contributed by atoms with van der Waals surface area (Å²) in [6, 6.07) is 4.66. The molecule has 3 rings (SSSR count). The Morgan fingerprint density at radius 3 is 2.95 bits per heavy atom. The number of methoxy groups -OCH3 is 1. The Hall–Kier alpha value is -0.780. The molecule has 2 fully saturated rings. The van der Waals surface area contributed by atoms with Gasteiger partial charge in [-0.2, -0.15) is 0 Å². The van der Waals surface area contributed by atoms with Crippen molar-refractivity contribution in [3.05, 3.63) is 22.2 Å². The van der Waals surface area contributed by atoms with Crippen LogP contribution in [0.3, 0.4) is 0 Å². The summed E-state index contributed by atoms with van der Waals surface area (Å²) < 4.78 is 5.94. The molecule has 2 aliphatic rings. The van der Waals surface area contributed by atoms with Crippen molar-refractivity contribution in [3.8, 4) is 11.5 Å². The smallest absolute Gasteiger partial charge is 0.172 e. The van der Waals surface area contributed by atoms with Gasteiger partial charge in [0.05, 0.1) is 11.6 Å². The Morgan fingerprint density at radius 1 is 1.29 bits per heavy atom. The second kappa shape index (κ2) is 6.55. The van der Waals surface area contributed by atoms with E-state index in [1.807, 2.05) is 12.1 Å². The lowest BCUT2D eigenvalue weighted by Crippen LogP contribution is -2.54. The zero-order valence-corrected chi connectivity index (χ0v) is 14.1. The highest BCUT2D eigenvalue weighted by molar-refractivity contribution is 9.10. The van der Waals surface area contributed by atoms with Crippen LogP contribution in [0.4, 0.5) is 0 Å². The number of fused-ring (bicyclic) bond motifs is 1. The molecule has 116 valence electrons. The van der Waals surface area contributed by atoms with Crippen LogP contribution in [0, 0.1) is 0 Å². The molecule has 1 aromatic carbocycles. The number of nitrogens with zero attached hydrogens (tertiary/aromatic N) is 2. The predicted octanol–water partition coefficient (Wildman–Crippen LogP) is 2.83. The number of aromatic hydroxyl groups is 1. The molecule has 0 aromatic heterocycles. The lowest BCUT2D eigenvalue weighted by Gasteiger charge is -2.44. The zero-order chi connectivity index (χ0) is 14.8. The highest BCUT2D eigenvalue weighted by atomic mass is 79.9. The Labute approximate surface area is 134 Å². The molecule has 0 aliphatic carbocycles. The summed E-state index contributed by atoms with van der Waals surface area (Å²) in [5.41, 5.74) is 1.18. The topological polar surface area (TPSA) is 35.9 Å². The summed E-state index contributed by atoms with van der Waals surface area (Å²) in [6.45, 7) is 5.65. The van der Waals surface area contributed by atoms with E-state index >= 15 is 0 Å². The van der Waals surface area contributed by atoms with Gasteiger partial charge in [0.1, 0.15) is 0 Å². The first kappa shape index (κ1) is 15.1. The zero-order valence-electron chi connectivity index (χ0n) is 12.5. The van der Waals surface area contributed by atoms with Crippen molar-refractivity contribution in [1.29, 1.82) is 0 Å². The second-order valence-electron chi connectivity index (χ2n) is 6.05. The third-order valence-electron chi connectivity index (χ3n) is 4.64. The fourth-order valence-corrected chi connectivity index (χ4v) is 3.99. The van der Waals surface area contributed by atoms with Crippen molar-refractivity contribution in [2.24, 2.45) is 0 Å². The Kier molecular flexibility index (Phi) is 4.72. The van der Waals surface area contributed by atoms with Crippen molar-refractivity contribution in [1.82, 2.24) is 9.80 Å². The minimum absolute atomic E-state index is 0.179. The average molecular weight is 355 g/mol. The molecule has 0 saturated carbocycles. The fourth-order valence-electron chi connectivity index (χ4n) is 3.50. The lowest BCUT2D eigenvalue weighted by atomic mass is 9.99. The van der Waals surface area contributed by atoms with Gasteiger partial charge >= 0.3 is 0 Å². The van der Waals surface area contributed by atoms with Crippen LogP contribution in [-0.4, -0.2) is 54.2 Å². The van der Waals surface area contributed by atoms with Gasteiger partial charge in [-0.3, -0.25) is 9.80 Å². The number of halogens is 1. The quantitative estimate of drug-likeness (QED) is 0.905. The highest BCUT2D eigenvalue weighted by Gasteiger charge is 2.28. The van der Waals surface area contributed by atoms with Gasteiger partial charge in [0, 0.05) is 32.2 Å². The molecule has 0 spiro atoms. The van der Waals surface area contributed by atoms with Crippen LogP contribution in [0.25, 0.3) is 0 Å². The maximum atomic E-state index is 9.89. The minimum Gasteiger partial charge on any atom is -0.503 e. The van der Waals surface area contributed by atoms with Crippen molar-refractivity contribution in [2.75, 3.05) is 33.3 Å². The number of ether oxygens (including phenoxy) is 1. The first-order chi connectivity index (χ1) is 10.2. The Bertz CT molecular complexity index is 509. The van der Waals surface area contributed by atoms with Crippen LogP contribution in [-0.2, 0) is 6.54 Å². The minimum atomic E-state index is 0.179. The van der Waals surface area contributed by atoms with Crippen molar-refractivity contribution in [3.63, 3.8) is 0 Å². The number of hydrogen-bond acceptors (Lipinski definition) is 4. The van der Waals surface area contributed by atoms with Gasteiger partial charge in [-0.05, 0) is 53.0 Å². The lowest BCUT2D eigenvalue weighted by molar-refractivity contribution is 0.0456. The predicted molar refractivity (Wildman–Crippen MR) is 86.8 cm³/mol. The van der Waals surface area contributed by atoms with E-state index in [0.717, 1.165) is 25.7 Å². The number of hydrogen-bond donors (Lipinski definition) is 1. The molecule has 1 atom stereocenters. The summed E-state index contributed by atoms with van der Waals surface area (Å²) in [5.74, 6) is 0.717. The first-order valence-corrected chi connectivity index (χ1v) is 8.48. The van der Waals surface area contributed by atoms with Crippen LogP contribution in [0.15, 0.2) is 16.6 Å². The number of piperidine rings is 1. The molecule has 2 aliphatic heterocycles. The number of phenols is 1. The van der Waals surface area contributed by atoms with E-state index in [0.29, 0.717) is 10.2 Å².